The van der Waals surface area contributed by atoms with Crippen LogP contribution in [0, 0.1) is 5.92 Å². The number of alkyl halides is 1. The minimum absolute atomic E-state index is 0.0667. The summed E-state index contributed by atoms with van der Waals surface area (Å²) in [5.74, 6) is -1.33. The molecule has 1 aliphatic heterocycles. The summed E-state index contributed by atoms with van der Waals surface area (Å²) in [6.07, 6.45) is 1.88. The van der Waals surface area contributed by atoms with E-state index in [0.717, 1.165) is 5.56 Å². The lowest BCUT2D eigenvalue weighted by atomic mass is 9.92. The number of benzene rings is 2. The molecule has 0 radical (unpaired) electrons. The van der Waals surface area contributed by atoms with Crippen LogP contribution >= 0.6 is 15.9 Å². The lowest BCUT2D eigenvalue weighted by Crippen LogP contribution is -2.21. The fourth-order valence-electron chi connectivity index (χ4n) is 3.19. The van der Waals surface area contributed by atoms with Gasteiger partial charge in [0.1, 0.15) is 10.9 Å². The Labute approximate surface area is 147 Å². The summed E-state index contributed by atoms with van der Waals surface area (Å²) in [5, 5.41) is 8.36. The minimum atomic E-state index is -0.877. The number of Topliss-reactive ketones (excluding diaryl/α,β-unsaturated/α-hetero) is 2. The van der Waals surface area contributed by atoms with Crippen molar-refractivity contribution in [3.63, 3.8) is 0 Å². The zero-order valence-corrected chi connectivity index (χ0v) is 14.2. The molecular formula is C19H13BrN2O2. The molecule has 0 bridgehead atoms. The van der Waals surface area contributed by atoms with E-state index in [1.54, 1.807) is 24.3 Å². The second-order valence-electron chi connectivity index (χ2n) is 5.82. The summed E-state index contributed by atoms with van der Waals surface area (Å²) in [7, 11) is 0. The fraction of sp³-hybridized carbons (Fsp3) is 0.158. The highest BCUT2D eigenvalue weighted by Gasteiger charge is 2.42. The number of azo groups is 1. The van der Waals surface area contributed by atoms with Gasteiger partial charge < -0.3 is 0 Å². The van der Waals surface area contributed by atoms with Gasteiger partial charge in [0, 0.05) is 17.0 Å². The fourth-order valence-corrected chi connectivity index (χ4v) is 3.74. The molecule has 0 amide bonds. The third-order valence-corrected chi connectivity index (χ3v) is 5.15. The van der Waals surface area contributed by atoms with Gasteiger partial charge in [0.15, 0.2) is 11.6 Å². The molecule has 24 heavy (non-hydrogen) atoms. The summed E-state index contributed by atoms with van der Waals surface area (Å²) in [6, 6.07) is 16.8. The molecule has 0 saturated heterocycles. The SMILES string of the molecule is O=C1c2ccccc2C(=O)C1C1=CC(c2ccccc2)C(Br)N=N1. The van der Waals surface area contributed by atoms with Crippen molar-refractivity contribution in [2.24, 2.45) is 16.1 Å². The molecule has 1 aliphatic carbocycles. The Kier molecular flexibility index (Phi) is 3.73. The molecule has 0 N–H and O–H groups in total. The molecule has 2 aliphatic rings. The quantitative estimate of drug-likeness (QED) is 0.436. The van der Waals surface area contributed by atoms with E-state index in [1.165, 1.54) is 0 Å². The van der Waals surface area contributed by atoms with Gasteiger partial charge in [-0.1, -0.05) is 70.5 Å². The molecule has 5 heteroatoms. The lowest BCUT2D eigenvalue weighted by molar-refractivity contribution is 0.0862. The van der Waals surface area contributed by atoms with Crippen LogP contribution in [0.15, 0.2) is 76.6 Å². The maximum absolute atomic E-state index is 12.7. The second-order valence-corrected chi connectivity index (χ2v) is 6.76. The predicted octanol–water partition coefficient (Wildman–Crippen LogP) is 4.54. The summed E-state index contributed by atoms with van der Waals surface area (Å²) < 4.78 is 0. The molecule has 0 saturated carbocycles. The summed E-state index contributed by atoms with van der Waals surface area (Å²) >= 11 is 3.51. The Balaban J connectivity index is 1.74. The summed E-state index contributed by atoms with van der Waals surface area (Å²) in [4.78, 5) is 25.1. The van der Waals surface area contributed by atoms with Crippen LogP contribution < -0.4 is 0 Å². The van der Waals surface area contributed by atoms with Crippen molar-refractivity contribution in [2.45, 2.75) is 10.9 Å². The molecule has 0 fully saturated rings. The monoisotopic (exact) mass is 380 g/mol. The van der Waals surface area contributed by atoms with Gasteiger partial charge in [-0.25, -0.2) is 0 Å². The zero-order valence-electron chi connectivity index (χ0n) is 12.6. The van der Waals surface area contributed by atoms with Gasteiger partial charge in [-0.3, -0.25) is 9.59 Å². The van der Waals surface area contributed by atoms with Gasteiger partial charge in [0.05, 0.1) is 5.70 Å². The first-order chi connectivity index (χ1) is 11.7. The van der Waals surface area contributed by atoms with Crippen LogP contribution in [0.5, 0.6) is 0 Å². The first-order valence-corrected chi connectivity index (χ1v) is 8.57. The minimum Gasteiger partial charge on any atom is -0.293 e. The Bertz CT molecular complexity index is 854. The molecule has 2 unspecified atom stereocenters. The Morgan fingerprint density at radius 3 is 2.04 bits per heavy atom. The van der Waals surface area contributed by atoms with Crippen molar-refractivity contribution >= 4 is 27.5 Å². The predicted molar refractivity (Wildman–Crippen MR) is 93.4 cm³/mol. The van der Waals surface area contributed by atoms with Crippen LogP contribution in [0.3, 0.4) is 0 Å². The Morgan fingerprint density at radius 1 is 0.833 bits per heavy atom. The maximum Gasteiger partial charge on any atom is 0.180 e. The number of hydrogen-bond acceptors (Lipinski definition) is 4. The van der Waals surface area contributed by atoms with Crippen LogP contribution in [0.25, 0.3) is 0 Å². The highest BCUT2D eigenvalue weighted by Crippen LogP contribution is 2.38. The Hall–Kier alpha value is -2.40. The summed E-state index contributed by atoms with van der Waals surface area (Å²) in [5.41, 5.74) is 2.44. The zero-order chi connectivity index (χ0) is 16.7. The van der Waals surface area contributed by atoms with Crippen molar-refractivity contribution in [2.75, 3.05) is 0 Å². The van der Waals surface area contributed by atoms with Crippen LogP contribution in [-0.2, 0) is 0 Å². The van der Waals surface area contributed by atoms with Gasteiger partial charge in [-0.05, 0) is 11.6 Å². The number of hydrogen-bond donors (Lipinski definition) is 0. The van der Waals surface area contributed by atoms with Gasteiger partial charge in [0.25, 0.3) is 0 Å². The number of fused-ring (bicyclic) bond motifs is 1. The Morgan fingerprint density at radius 2 is 1.42 bits per heavy atom. The van der Waals surface area contributed by atoms with E-state index in [2.05, 4.69) is 26.2 Å². The van der Waals surface area contributed by atoms with Gasteiger partial charge in [-0.15, -0.1) is 0 Å². The molecule has 2 aromatic rings. The van der Waals surface area contributed by atoms with Crippen LogP contribution in [0.1, 0.15) is 32.2 Å². The van der Waals surface area contributed by atoms with Gasteiger partial charge >= 0.3 is 0 Å². The highest BCUT2D eigenvalue weighted by atomic mass is 79.9. The average molecular weight is 381 g/mol. The van der Waals surface area contributed by atoms with E-state index in [1.807, 2.05) is 36.4 Å². The number of nitrogens with zero attached hydrogens (tertiary/aromatic N) is 2. The van der Waals surface area contributed by atoms with Crippen molar-refractivity contribution in [1.82, 2.24) is 0 Å². The normalized spacial score (nSPS) is 23.3. The maximum atomic E-state index is 12.7. The number of rotatable bonds is 2. The standard InChI is InChI=1S/C19H13BrN2O2/c20-19-14(11-6-2-1-3-7-11)10-15(21-22-19)16-17(23)12-8-4-5-9-13(12)18(16)24/h1-10,14,16,19H. The van der Waals surface area contributed by atoms with Crippen LogP contribution in [0.2, 0.25) is 0 Å². The second kappa shape index (κ2) is 5.91. The molecule has 1 heterocycles. The van der Waals surface area contributed by atoms with Crippen molar-refractivity contribution in [3.8, 4) is 0 Å². The van der Waals surface area contributed by atoms with Crippen LogP contribution in [-0.4, -0.2) is 16.5 Å². The van der Waals surface area contributed by atoms with E-state index < -0.39 is 5.92 Å². The third kappa shape index (κ3) is 2.36. The molecular weight excluding hydrogens is 368 g/mol. The average Bonchev–Trinajstić information content (AvgIpc) is 2.88. The number of allylic oxidation sites excluding steroid dienone is 1. The number of carbonyl (C=O) groups excluding carboxylic acids is 2. The van der Waals surface area contributed by atoms with E-state index in [9.17, 15) is 9.59 Å². The first kappa shape index (κ1) is 15.1. The van der Waals surface area contributed by atoms with Gasteiger partial charge in [-0.2, -0.15) is 10.2 Å². The van der Waals surface area contributed by atoms with Crippen molar-refractivity contribution in [1.29, 1.82) is 0 Å². The molecule has 2 atom stereocenters. The summed E-state index contributed by atoms with van der Waals surface area (Å²) in [6.45, 7) is 0. The molecule has 0 aromatic heterocycles. The highest BCUT2D eigenvalue weighted by molar-refractivity contribution is 9.09. The van der Waals surface area contributed by atoms with Crippen molar-refractivity contribution < 1.29 is 9.59 Å². The first-order valence-electron chi connectivity index (χ1n) is 7.66. The van der Waals surface area contributed by atoms with E-state index >= 15 is 0 Å². The molecule has 118 valence electrons. The van der Waals surface area contributed by atoms with E-state index in [-0.39, 0.29) is 22.4 Å². The van der Waals surface area contributed by atoms with Crippen LogP contribution in [0.4, 0.5) is 0 Å². The smallest absolute Gasteiger partial charge is 0.180 e. The number of halogens is 1. The van der Waals surface area contributed by atoms with Gasteiger partial charge in [0.2, 0.25) is 0 Å². The molecule has 4 rings (SSSR count). The molecule has 2 aromatic carbocycles. The lowest BCUT2D eigenvalue weighted by Gasteiger charge is -2.22. The molecule has 4 nitrogen and oxygen atoms in total. The van der Waals surface area contributed by atoms with E-state index in [0.29, 0.717) is 16.8 Å². The number of carbonyl (C=O) groups is 2. The topological polar surface area (TPSA) is 58.9 Å². The third-order valence-electron chi connectivity index (χ3n) is 4.39. The van der Waals surface area contributed by atoms with Crippen molar-refractivity contribution in [3.05, 3.63) is 83.1 Å². The van der Waals surface area contributed by atoms with E-state index in [4.69, 9.17) is 0 Å². The largest absolute Gasteiger partial charge is 0.293 e. The number of ketones is 2. The molecule has 0 spiro atoms.